The molecule has 0 saturated heterocycles. The van der Waals surface area contributed by atoms with E-state index in [-0.39, 0.29) is 32.7 Å². The molecule has 1 saturated carbocycles. The van der Waals surface area contributed by atoms with Gasteiger partial charge in [0.05, 0.1) is 5.60 Å². The van der Waals surface area contributed by atoms with Gasteiger partial charge in [0.2, 0.25) is 0 Å². The van der Waals surface area contributed by atoms with Crippen molar-refractivity contribution in [3.05, 3.63) is 82.5 Å². The second kappa shape index (κ2) is 9.97. The van der Waals surface area contributed by atoms with Gasteiger partial charge in [0, 0.05) is 17.4 Å². The van der Waals surface area contributed by atoms with Crippen LogP contribution in [-0.4, -0.2) is 12.2 Å². The summed E-state index contributed by atoms with van der Waals surface area (Å²) in [6.45, 7) is 26.5. The number of rotatable bonds is 7. The summed E-state index contributed by atoms with van der Waals surface area (Å²) in [5, 5.41) is 0. The van der Waals surface area contributed by atoms with Crippen molar-refractivity contribution in [1.29, 1.82) is 0 Å². The maximum absolute atomic E-state index is 5.91. The van der Waals surface area contributed by atoms with Crippen molar-refractivity contribution in [3.63, 3.8) is 0 Å². The molecule has 1 nitrogen and oxygen atoms in total. The maximum Gasteiger partial charge on any atom is 0.0598 e. The van der Waals surface area contributed by atoms with Gasteiger partial charge >= 0.3 is 0 Å². The average Bonchev–Trinajstić information content (AvgIpc) is 3.42. The molecule has 0 radical (unpaired) electrons. The number of unbranched alkanes of at least 4 members (excludes halogenated alkanes) is 3. The summed E-state index contributed by atoms with van der Waals surface area (Å²) in [6, 6.07) is 14.8. The summed E-state index contributed by atoms with van der Waals surface area (Å²) in [7, 11) is 0. The highest BCUT2D eigenvalue weighted by molar-refractivity contribution is 5.84. The molecule has 222 valence electrons. The number of hydrogen-bond donors (Lipinski definition) is 0. The van der Waals surface area contributed by atoms with E-state index in [2.05, 4.69) is 131 Å². The zero-order valence-corrected chi connectivity index (χ0v) is 28.1. The quantitative estimate of drug-likeness (QED) is 0.310. The Kier molecular flexibility index (Phi) is 7.38. The van der Waals surface area contributed by atoms with E-state index in [0.717, 1.165) is 13.0 Å². The normalized spacial score (nSPS) is 22.2. The van der Waals surface area contributed by atoms with Crippen LogP contribution in [0.15, 0.2) is 60.2 Å². The lowest BCUT2D eigenvalue weighted by molar-refractivity contribution is -0.0521. The van der Waals surface area contributed by atoms with Gasteiger partial charge in [0.1, 0.15) is 0 Å². The lowest BCUT2D eigenvalue weighted by Gasteiger charge is -2.67. The first kappa shape index (κ1) is 30.3. The van der Waals surface area contributed by atoms with Crippen molar-refractivity contribution in [3.8, 4) is 11.1 Å². The third kappa shape index (κ3) is 5.09. The fourth-order valence-electron chi connectivity index (χ4n) is 7.88. The Labute approximate surface area is 251 Å². The van der Waals surface area contributed by atoms with E-state index in [9.17, 15) is 0 Å². The van der Waals surface area contributed by atoms with E-state index >= 15 is 0 Å². The van der Waals surface area contributed by atoms with Gasteiger partial charge in [-0.1, -0.05) is 128 Å². The highest BCUT2D eigenvalue weighted by Crippen LogP contribution is 2.77. The molecule has 0 aliphatic heterocycles. The zero-order chi connectivity index (χ0) is 30.1. The minimum absolute atomic E-state index is 0.0241. The molecule has 0 heterocycles. The molecule has 41 heavy (non-hydrogen) atoms. The van der Waals surface area contributed by atoms with E-state index in [1.165, 1.54) is 54.4 Å². The second-order valence-electron chi connectivity index (χ2n) is 16.9. The second-order valence-corrected chi connectivity index (χ2v) is 16.9. The van der Waals surface area contributed by atoms with E-state index in [1.54, 1.807) is 16.7 Å². The van der Waals surface area contributed by atoms with Crippen molar-refractivity contribution in [2.75, 3.05) is 6.61 Å². The molecule has 3 aliphatic carbocycles. The van der Waals surface area contributed by atoms with Crippen molar-refractivity contribution in [1.82, 2.24) is 0 Å². The predicted octanol–water partition coefficient (Wildman–Crippen LogP) is 11.2. The summed E-state index contributed by atoms with van der Waals surface area (Å²) in [5.74, 6) is 0. The van der Waals surface area contributed by atoms with E-state index < -0.39 is 0 Å². The van der Waals surface area contributed by atoms with Crippen LogP contribution < -0.4 is 0 Å². The molecule has 2 spiro atoms. The first-order chi connectivity index (χ1) is 18.9. The third-order valence-corrected chi connectivity index (χ3v) is 10.7. The molecule has 1 heteroatoms. The van der Waals surface area contributed by atoms with Gasteiger partial charge in [-0.2, -0.15) is 0 Å². The Morgan fingerprint density at radius 1 is 0.707 bits per heavy atom. The van der Waals surface area contributed by atoms with Gasteiger partial charge in [-0.05, 0) is 96.1 Å². The zero-order valence-electron chi connectivity index (χ0n) is 28.1. The topological polar surface area (TPSA) is 9.23 Å². The molecule has 1 unspecified atom stereocenters. The minimum atomic E-state index is -0.0241. The molecular weight excluding hydrogens is 496 g/mol. The summed E-state index contributed by atoms with van der Waals surface area (Å²) in [4.78, 5) is 0. The number of benzene rings is 2. The molecule has 3 aliphatic rings. The van der Waals surface area contributed by atoms with E-state index in [0.29, 0.717) is 0 Å². The largest absolute Gasteiger partial charge is 0.376 e. The minimum Gasteiger partial charge on any atom is -0.376 e. The Hall–Kier alpha value is -2.12. The third-order valence-electron chi connectivity index (χ3n) is 10.7. The summed E-state index contributed by atoms with van der Waals surface area (Å²) in [5.41, 5.74) is 11.0. The smallest absolute Gasteiger partial charge is 0.0598 e. The van der Waals surface area contributed by atoms with Gasteiger partial charge in [-0.15, -0.1) is 0 Å². The average molecular weight is 553 g/mol. The monoisotopic (exact) mass is 552 g/mol. The lowest BCUT2D eigenvalue weighted by Crippen LogP contribution is -2.63. The summed E-state index contributed by atoms with van der Waals surface area (Å²) in [6.07, 6.45) is 15.0. The fourth-order valence-corrected chi connectivity index (χ4v) is 7.88. The molecule has 0 bridgehead atoms. The number of hydrogen-bond acceptors (Lipinski definition) is 1. The Morgan fingerprint density at radius 2 is 1.24 bits per heavy atom. The summed E-state index contributed by atoms with van der Waals surface area (Å²) < 4.78 is 5.91. The van der Waals surface area contributed by atoms with Crippen molar-refractivity contribution in [2.45, 2.75) is 137 Å². The molecule has 1 fully saturated rings. The van der Waals surface area contributed by atoms with Crippen LogP contribution in [-0.2, 0) is 21.0 Å². The number of ether oxygens (including phenoxy) is 1. The Morgan fingerprint density at radius 3 is 1.73 bits per heavy atom. The lowest BCUT2D eigenvalue weighted by atomic mass is 9.35. The van der Waals surface area contributed by atoms with Crippen LogP contribution in [0.3, 0.4) is 0 Å². The van der Waals surface area contributed by atoms with Crippen LogP contribution in [0.5, 0.6) is 0 Å². The van der Waals surface area contributed by atoms with Crippen LogP contribution in [0.25, 0.3) is 11.1 Å². The summed E-state index contributed by atoms with van der Waals surface area (Å²) >= 11 is 0. The van der Waals surface area contributed by atoms with Crippen molar-refractivity contribution >= 4 is 0 Å². The molecule has 2 aromatic rings. The van der Waals surface area contributed by atoms with Gasteiger partial charge in [0.25, 0.3) is 0 Å². The van der Waals surface area contributed by atoms with Crippen LogP contribution in [0, 0.1) is 10.8 Å². The molecule has 0 aromatic heterocycles. The van der Waals surface area contributed by atoms with Crippen molar-refractivity contribution in [2.24, 2.45) is 10.8 Å². The molecule has 1 atom stereocenters. The Balaban J connectivity index is 1.42. The van der Waals surface area contributed by atoms with Gasteiger partial charge in [-0.25, -0.2) is 0 Å². The molecule has 0 amide bonds. The first-order valence-electron chi connectivity index (χ1n) is 16.3. The first-order valence-corrected chi connectivity index (χ1v) is 16.3. The highest BCUT2D eigenvalue weighted by Gasteiger charge is 2.71. The fraction of sp³-hybridized carbons (Fsp3) is 0.600. The van der Waals surface area contributed by atoms with Crippen LogP contribution >= 0.6 is 0 Å². The molecule has 2 aromatic carbocycles. The van der Waals surface area contributed by atoms with Gasteiger partial charge in [-0.3, -0.25) is 0 Å². The van der Waals surface area contributed by atoms with E-state index in [1.807, 2.05) is 0 Å². The SMILES string of the molecule is CC(C)(C)OCCCCCCC1=CC2(C=C1)CC1(c3cc(C(C)(C)C)ccc3-c3ccc(C(C)(C)C)cc31)C2(C)C. The highest BCUT2D eigenvalue weighted by atomic mass is 16.5. The predicted molar refractivity (Wildman–Crippen MR) is 177 cm³/mol. The van der Waals surface area contributed by atoms with Crippen LogP contribution in [0.4, 0.5) is 0 Å². The van der Waals surface area contributed by atoms with Crippen LogP contribution in [0.1, 0.15) is 137 Å². The van der Waals surface area contributed by atoms with Gasteiger partial charge < -0.3 is 4.74 Å². The molecule has 5 rings (SSSR count). The standard InChI is InChI=1S/C40H56O/c1-35(2,3)29-17-19-31-32-20-18-30(36(4,5)6)25-34(32)40(33(31)24-29)27-39(38(40,10)11)22-21-28(26-39)16-14-12-13-15-23-41-37(7,8)9/h17-22,24-26H,12-16,23,27H2,1-11H3. The van der Waals surface area contributed by atoms with Crippen LogP contribution in [0.2, 0.25) is 0 Å². The van der Waals surface area contributed by atoms with E-state index in [4.69, 9.17) is 4.74 Å². The molecule has 0 N–H and O–H groups in total. The number of fused-ring (bicyclic) bond motifs is 5. The maximum atomic E-state index is 5.91. The number of allylic oxidation sites excluding steroid dienone is 4. The van der Waals surface area contributed by atoms with Crippen molar-refractivity contribution < 1.29 is 4.74 Å². The molecular formula is C40H56O. The van der Waals surface area contributed by atoms with Gasteiger partial charge in [0.15, 0.2) is 0 Å². The Bertz CT molecular complexity index is 1300.